The first-order valence-electron chi connectivity index (χ1n) is 21.2. The number of aromatic nitrogens is 9. The number of benzene rings is 3. The van der Waals surface area contributed by atoms with Crippen molar-refractivity contribution in [2.75, 3.05) is 0 Å². The Labute approximate surface area is 388 Å². The van der Waals surface area contributed by atoms with Crippen molar-refractivity contribution < 1.29 is 0 Å². The van der Waals surface area contributed by atoms with Crippen LogP contribution >= 0.6 is 0 Å². The fourth-order valence-electron chi connectivity index (χ4n) is 6.41. The second-order valence-electron chi connectivity index (χ2n) is 19.5. The molecule has 0 aliphatic carbocycles. The Morgan fingerprint density at radius 1 is 0.333 bits per heavy atom. The van der Waals surface area contributed by atoms with Crippen LogP contribution in [-0.2, 0) is 52.1 Å². The lowest BCUT2D eigenvalue weighted by atomic mass is 9.79. The summed E-state index contributed by atoms with van der Waals surface area (Å²) in [5.74, 6) is 0. The molecule has 15 heteroatoms. The van der Waals surface area contributed by atoms with E-state index < -0.39 is 32.5 Å². The SMILES string of the molecule is CC(C)(C#N)c1cc(Cn2cncn2)cc(C(C)(C)C#N)c1.CC(C)(C#N)c1cc(Cn2cncn2)cc(C(C)(C)C#N)c1.CC(C)(C#N)c1cc(Cn2cncn2)cc(C(C)(C)C#N)c1. The zero-order valence-corrected chi connectivity index (χ0v) is 40.0. The van der Waals surface area contributed by atoms with E-state index in [0.717, 1.165) is 50.1 Å². The van der Waals surface area contributed by atoms with Gasteiger partial charge in [-0.2, -0.15) is 46.9 Å². The predicted molar refractivity (Wildman–Crippen MR) is 249 cm³/mol. The van der Waals surface area contributed by atoms with Gasteiger partial charge in [-0.05, 0) is 133 Å². The van der Waals surface area contributed by atoms with Gasteiger partial charge in [-0.15, -0.1) is 0 Å². The monoisotopic (exact) mass is 879 g/mol. The van der Waals surface area contributed by atoms with Gasteiger partial charge in [0.05, 0.1) is 88.5 Å². The molecule has 0 N–H and O–H groups in total. The fraction of sp³-hybridized carbons (Fsp3) is 0.412. The lowest BCUT2D eigenvalue weighted by Gasteiger charge is -2.23. The standard InChI is InChI=1S/3C17H19N5/c3*1-16(2,9-18)14-5-13(8-22-12-20-11-21-22)6-15(7-14)17(3,4)10-19/h3*5-7,11-12H,8H2,1-4H3. The van der Waals surface area contributed by atoms with E-state index in [1.165, 1.54) is 19.0 Å². The zero-order chi connectivity index (χ0) is 49.1. The van der Waals surface area contributed by atoms with E-state index in [-0.39, 0.29) is 0 Å². The van der Waals surface area contributed by atoms with Gasteiger partial charge in [-0.1, -0.05) is 54.6 Å². The normalized spacial score (nSPS) is 11.7. The summed E-state index contributed by atoms with van der Waals surface area (Å²) in [7, 11) is 0. The van der Waals surface area contributed by atoms with Crippen molar-refractivity contribution in [1.29, 1.82) is 31.6 Å². The van der Waals surface area contributed by atoms with Gasteiger partial charge in [0.15, 0.2) is 0 Å². The molecule has 0 aliphatic heterocycles. The molecule has 0 saturated heterocycles. The van der Waals surface area contributed by atoms with Gasteiger partial charge >= 0.3 is 0 Å². The number of nitriles is 6. The van der Waals surface area contributed by atoms with Crippen LogP contribution in [0.2, 0.25) is 0 Å². The van der Waals surface area contributed by atoms with Gasteiger partial charge in [0.1, 0.15) is 38.0 Å². The highest BCUT2D eigenvalue weighted by atomic mass is 15.3. The van der Waals surface area contributed by atoms with Crippen LogP contribution in [0.1, 0.15) is 133 Å². The molecule has 0 fully saturated rings. The Hall–Kier alpha value is -7.98. The third-order valence-electron chi connectivity index (χ3n) is 11.4. The molecule has 0 amide bonds. The summed E-state index contributed by atoms with van der Waals surface area (Å²) in [5, 5.41) is 68.8. The van der Waals surface area contributed by atoms with Gasteiger partial charge in [0.25, 0.3) is 0 Å². The number of hydrogen-bond donors (Lipinski definition) is 0. The average Bonchev–Trinajstić information content (AvgIpc) is 4.13. The Morgan fingerprint density at radius 2 is 0.515 bits per heavy atom. The molecule has 6 rings (SSSR count). The highest BCUT2D eigenvalue weighted by Gasteiger charge is 2.29. The fourth-order valence-corrected chi connectivity index (χ4v) is 6.41. The lowest BCUT2D eigenvalue weighted by molar-refractivity contribution is 0.645. The van der Waals surface area contributed by atoms with Crippen molar-refractivity contribution in [3.05, 3.63) is 143 Å². The van der Waals surface area contributed by atoms with Gasteiger partial charge in [0.2, 0.25) is 0 Å². The van der Waals surface area contributed by atoms with Crippen molar-refractivity contribution in [3.63, 3.8) is 0 Å². The summed E-state index contributed by atoms with van der Waals surface area (Å²) in [6, 6.07) is 31.8. The Bertz CT molecular complexity index is 2410. The smallest absolute Gasteiger partial charge is 0.137 e. The summed E-state index contributed by atoms with van der Waals surface area (Å²) in [4.78, 5) is 11.8. The van der Waals surface area contributed by atoms with Crippen molar-refractivity contribution >= 4 is 0 Å². The average molecular weight is 880 g/mol. The number of rotatable bonds is 12. The molecule has 0 atom stereocenters. The third-order valence-corrected chi connectivity index (χ3v) is 11.4. The highest BCUT2D eigenvalue weighted by molar-refractivity contribution is 5.45. The second kappa shape index (κ2) is 20.2. The number of nitrogens with zero attached hydrogens (tertiary/aromatic N) is 15. The van der Waals surface area contributed by atoms with Crippen LogP contribution in [-0.4, -0.2) is 44.3 Å². The molecule has 0 aliphatic rings. The molecule has 336 valence electrons. The molecule has 0 spiro atoms. The van der Waals surface area contributed by atoms with Crippen LogP contribution in [0, 0.1) is 68.0 Å². The molecule has 0 saturated carbocycles. The van der Waals surface area contributed by atoms with Gasteiger partial charge < -0.3 is 0 Å². The summed E-state index contributed by atoms with van der Waals surface area (Å²) in [6.07, 6.45) is 9.42. The maximum absolute atomic E-state index is 9.40. The Balaban J connectivity index is 0.000000216. The van der Waals surface area contributed by atoms with E-state index in [1.807, 2.05) is 138 Å². The zero-order valence-electron chi connectivity index (χ0n) is 40.0. The minimum absolute atomic E-state index is 0.559. The molecule has 0 unspecified atom stereocenters. The van der Waals surface area contributed by atoms with E-state index in [1.54, 1.807) is 33.0 Å². The van der Waals surface area contributed by atoms with Crippen LogP contribution in [0.15, 0.2) is 92.6 Å². The molecule has 6 aromatic rings. The first kappa shape index (κ1) is 50.7. The summed E-state index contributed by atoms with van der Waals surface area (Å²) < 4.78 is 5.17. The van der Waals surface area contributed by atoms with Crippen molar-refractivity contribution in [1.82, 2.24) is 44.3 Å². The van der Waals surface area contributed by atoms with E-state index >= 15 is 0 Å². The predicted octanol–water partition coefficient (Wildman–Crippen LogP) is 8.79. The van der Waals surface area contributed by atoms with Crippen LogP contribution in [0.5, 0.6) is 0 Å². The van der Waals surface area contributed by atoms with E-state index in [4.69, 9.17) is 0 Å². The molecule has 0 bridgehead atoms. The maximum atomic E-state index is 9.40. The lowest BCUT2D eigenvalue weighted by Crippen LogP contribution is -2.20. The molecule has 3 aromatic carbocycles. The molecule has 15 nitrogen and oxygen atoms in total. The van der Waals surface area contributed by atoms with Crippen molar-refractivity contribution in [3.8, 4) is 36.4 Å². The highest BCUT2D eigenvalue weighted by Crippen LogP contribution is 2.33. The second-order valence-corrected chi connectivity index (χ2v) is 19.5. The first-order valence-corrected chi connectivity index (χ1v) is 21.2. The van der Waals surface area contributed by atoms with Gasteiger partial charge in [-0.3, -0.25) is 0 Å². The minimum Gasteiger partial charge on any atom is -0.249 e. The minimum atomic E-state index is -0.612. The van der Waals surface area contributed by atoms with E-state index in [2.05, 4.69) is 66.7 Å². The molecule has 3 aromatic heterocycles. The molecule has 0 radical (unpaired) electrons. The van der Waals surface area contributed by atoms with Gasteiger partial charge in [-0.25, -0.2) is 29.0 Å². The van der Waals surface area contributed by atoms with E-state index in [0.29, 0.717) is 19.6 Å². The maximum Gasteiger partial charge on any atom is 0.137 e. The Kier molecular flexibility index (Phi) is 15.5. The third kappa shape index (κ3) is 12.8. The molecular weight excluding hydrogens is 823 g/mol. The van der Waals surface area contributed by atoms with Crippen LogP contribution < -0.4 is 0 Å². The molecule has 66 heavy (non-hydrogen) atoms. The van der Waals surface area contributed by atoms with Crippen molar-refractivity contribution in [2.24, 2.45) is 0 Å². The van der Waals surface area contributed by atoms with Crippen LogP contribution in [0.4, 0.5) is 0 Å². The summed E-state index contributed by atoms with van der Waals surface area (Å²) in [5.41, 5.74) is 4.79. The topological polar surface area (TPSA) is 235 Å². The largest absolute Gasteiger partial charge is 0.249 e. The number of hydrogen-bond acceptors (Lipinski definition) is 12. The van der Waals surface area contributed by atoms with Crippen LogP contribution in [0.25, 0.3) is 0 Å². The van der Waals surface area contributed by atoms with Crippen LogP contribution in [0.3, 0.4) is 0 Å². The summed E-state index contributed by atoms with van der Waals surface area (Å²) >= 11 is 0. The van der Waals surface area contributed by atoms with Gasteiger partial charge in [0, 0.05) is 0 Å². The first-order chi connectivity index (χ1) is 30.8. The quantitative estimate of drug-likeness (QED) is 0.112. The van der Waals surface area contributed by atoms with Crippen molar-refractivity contribution in [2.45, 2.75) is 135 Å². The molecule has 3 heterocycles. The Morgan fingerprint density at radius 3 is 0.652 bits per heavy atom. The van der Waals surface area contributed by atoms with E-state index in [9.17, 15) is 31.6 Å². The molecular formula is C51H57N15. The summed E-state index contributed by atoms with van der Waals surface area (Å²) in [6.45, 7) is 24.2.